The lowest BCUT2D eigenvalue weighted by Crippen LogP contribution is -2.09. The molecule has 6 nitrogen and oxygen atoms in total. The monoisotopic (exact) mass is 335 g/mol. The van der Waals surface area contributed by atoms with Gasteiger partial charge < -0.3 is 9.32 Å². The molecule has 1 aromatic heterocycles. The molecule has 2 aromatic carbocycles. The zero-order valence-corrected chi connectivity index (χ0v) is 13.9. The van der Waals surface area contributed by atoms with E-state index in [2.05, 4.69) is 0 Å². The first-order chi connectivity index (χ1) is 12.0. The number of anilines is 1. The summed E-state index contributed by atoms with van der Waals surface area (Å²) in [5.41, 5.74) is 2.36. The molecule has 3 aromatic rings. The fraction of sp³-hybridized carbons (Fsp3) is 0.105. The summed E-state index contributed by atoms with van der Waals surface area (Å²) in [6.45, 7) is 0. The number of furan rings is 1. The van der Waals surface area contributed by atoms with Crippen LogP contribution in [0.5, 0.6) is 0 Å². The predicted octanol–water partition coefficient (Wildman–Crippen LogP) is 4.34. The molecule has 0 aliphatic heterocycles. The second kappa shape index (κ2) is 6.60. The Labute approximate surface area is 145 Å². The van der Waals surface area contributed by atoms with Crippen molar-refractivity contribution >= 4 is 17.1 Å². The molecule has 0 aliphatic carbocycles. The molecule has 0 bridgehead atoms. The maximum Gasteiger partial charge on any atom is 0.280 e. The van der Waals surface area contributed by atoms with Gasteiger partial charge in [0.1, 0.15) is 11.5 Å². The average Bonchev–Trinajstić information content (AvgIpc) is 3.11. The van der Waals surface area contributed by atoms with E-state index >= 15 is 0 Å². The molecule has 1 N–H and O–H groups in total. The van der Waals surface area contributed by atoms with Gasteiger partial charge in [-0.25, -0.2) is 0 Å². The third-order valence-electron chi connectivity index (χ3n) is 3.89. The molecule has 0 atom stereocenters. The molecule has 3 rings (SSSR count). The molecular weight excluding hydrogens is 318 g/mol. The lowest BCUT2D eigenvalue weighted by molar-refractivity contribution is -0.384. The van der Waals surface area contributed by atoms with Gasteiger partial charge in [-0.1, -0.05) is 24.3 Å². The van der Waals surface area contributed by atoms with Gasteiger partial charge in [0.05, 0.1) is 10.5 Å². The Morgan fingerprint density at radius 3 is 2.36 bits per heavy atom. The van der Waals surface area contributed by atoms with Crippen LogP contribution in [0.3, 0.4) is 0 Å². The highest BCUT2D eigenvalue weighted by atomic mass is 16.6. The van der Waals surface area contributed by atoms with Gasteiger partial charge in [0.15, 0.2) is 5.76 Å². The minimum Gasteiger partial charge on any atom is -0.454 e. The average molecular weight is 335 g/mol. The summed E-state index contributed by atoms with van der Waals surface area (Å²) in [7, 11) is 3.90. The molecule has 0 radical (unpaired) electrons. The minimum absolute atomic E-state index is 0.0229. The van der Waals surface area contributed by atoms with Gasteiger partial charge >= 0.3 is 0 Å². The molecule has 0 aliphatic rings. The summed E-state index contributed by atoms with van der Waals surface area (Å²) >= 11 is 0. The highest BCUT2D eigenvalue weighted by molar-refractivity contribution is 6.09. The van der Waals surface area contributed by atoms with Gasteiger partial charge in [-0.3, -0.25) is 15.5 Å². The second-order valence-electron chi connectivity index (χ2n) is 5.75. The van der Waals surface area contributed by atoms with E-state index in [0.717, 1.165) is 5.69 Å². The van der Waals surface area contributed by atoms with E-state index in [1.807, 2.05) is 43.3 Å². The summed E-state index contributed by atoms with van der Waals surface area (Å²) in [5.74, 6) is 0.739. The van der Waals surface area contributed by atoms with Crippen LogP contribution in [-0.2, 0) is 0 Å². The zero-order chi connectivity index (χ0) is 18.0. The second-order valence-corrected chi connectivity index (χ2v) is 5.75. The van der Waals surface area contributed by atoms with E-state index in [1.165, 1.54) is 6.07 Å². The largest absolute Gasteiger partial charge is 0.454 e. The molecule has 25 heavy (non-hydrogen) atoms. The molecule has 0 saturated heterocycles. The predicted molar refractivity (Wildman–Crippen MR) is 97.5 cm³/mol. The van der Waals surface area contributed by atoms with Gasteiger partial charge in [-0.15, -0.1) is 0 Å². The third-order valence-corrected chi connectivity index (χ3v) is 3.89. The number of hydrogen-bond acceptors (Lipinski definition) is 5. The normalized spacial score (nSPS) is 10.5. The first kappa shape index (κ1) is 16.4. The van der Waals surface area contributed by atoms with Crippen molar-refractivity contribution < 1.29 is 9.34 Å². The SMILES string of the molecule is CN(C)c1ccc(C(=N)c2ccc(-c3ccccc3[N+](=O)[O-])o2)cc1. The van der Waals surface area contributed by atoms with Gasteiger partial charge in [0.25, 0.3) is 5.69 Å². The zero-order valence-electron chi connectivity index (χ0n) is 13.9. The molecule has 126 valence electrons. The standard InChI is InChI=1S/C19H17N3O3/c1-21(2)14-9-7-13(8-10-14)19(20)18-12-11-17(25-18)15-5-3-4-6-16(15)22(23)24/h3-12,20H,1-2H3. The Morgan fingerprint density at radius 1 is 1.04 bits per heavy atom. The van der Waals surface area contributed by atoms with Crippen LogP contribution in [0.25, 0.3) is 11.3 Å². The Morgan fingerprint density at radius 2 is 1.72 bits per heavy atom. The number of rotatable bonds is 5. The summed E-state index contributed by atoms with van der Waals surface area (Å²) in [6, 6.07) is 17.3. The van der Waals surface area contributed by atoms with E-state index in [1.54, 1.807) is 30.3 Å². The smallest absolute Gasteiger partial charge is 0.280 e. The van der Waals surface area contributed by atoms with Crippen molar-refractivity contribution in [3.63, 3.8) is 0 Å². The van der Waals surface area contributed by atoms with Crippen molar-refractivity contribution in [3.05, 3.63) is 82.1 Å². The maximum atomic E-state index is 11.2. The van der Waals surface area contributed by atoms with Crippen molar-refractivity contribution in [2.45, 2.75) is 0 Å². The van der Waals surface area contributed by atoms with E-state index in [0.29, 0.717) is 22.6 Å². The van der Waals surface area contributed by atoms with Crippen molar-refractivity contribution in [2.75, 3.05) is 19.0 Å². The van der Waals surface area contributed by atoms with Crippen LogP contribution < -0.4 is 4.90 Å². The van der Waals surface area contributed by atoms with Gasteiger partial charge in [-0.2, -0.15) is 0 Å². The summed E-state index contributed by atoms with van der Waals surface area (Å²) in [5, 5.41) is 19.5. The van der Waals surface area contributed by atoms with Crippen molar-refractivity contribution in [3.8, 4) is 11.3 Å². The molecule has 0 fully saturated rings. The van der Waals surface area contributed by atoms with Crippen LogP contribution in [0.4, 0.5) is 11.4 Å². The van der Waals surface area contributed by atoms with E-state index in [-0.39, 0.29) is 11.4 Å². The first-order valence-corrected chi connectivity index (χ1v) is 7.67. The Kier molecular flexibility index (Phi) is 4.35. The number of nitro groups is 1. The molecule has 0 spiro atoms. The van der Waals surface area contributed by atoms with Crippen LogP contribution in [0.15, 0.2) is 65.1 Å². The van der Waals surface area contributed by atoms with E-state index in [4.69, 9.17) is 9.83 Å². The summed E-state index contributed by atoms with van der Waals surface area (Å²) in [6.07, 6.45) is 0. The molecule has 1 heterocycles. The van der Waals surface area contributed by atoms with Crippen molar-refractivity contribution in [1.29, 1.82) is 5.41 Å². The van der Waals surface area contributed by atoms with E-state index < -0.39 is 4.92 Å². The number of hydrogen-bond donors (Lipinski definition) is 1. The van der Waals surface area contributed by atoms with Crippen LogP contribution in [0, 0.1) is 15.5 Å². The number of nitro benzene ring substituents is 1. The maximum absolute atomic E-state index is 11.2. The fourth-order valence-electron chi connectivity index (χ4n) is 2.53. The van der Waals surface area contributed by atoms with Gasteiger partial charge in [-0.05, 0) is 30.3 Å². The lowest BCUT2D eigenvalue weighted by atomic mass is 10.1. The lowest BCUT2D eigenvalue weighted by Gasteiger charge is -2.12. The van der Waals surface area contributed by atoms with Gasteiger partial charge in [0.2, 0.25) is 0 Å². The Bertz CT molecular complexity index is 927. The van der Waals surface area contributed by atoms with Crippen LogP contribution >= 0.6 is 0 Å². The van der Waals surface area contributed by atoms with Crippen LogP contribution in [0.1, 0.15) is 11.3 Å². The van der Waals surface area contributed by atoms with E-state index in [9.17, 15) is 10.1 Å². The minimum atomic E-state index is -0.442. The molecule has 6 heteroatoms. The van der Waals surface area contributed by atoms with Crippen molar-refractivity contribution in [1.82, 2.24) is 0 Å². The number of nitrogens with zero attached hydrogens (tertiary/aromatic N) is 2. The number of nitrogens with one attached hydrogen (secondary N) is 1. The Hall–Kier alpha value is -3.41. The molecule has 0 saturated carbocycles. The molecule has 0 amide bonds. The highest BCUT2D eigenvalue weighted by Gasteiger charge is 2.18. The van der Waals surface area contributed by atoms with Crippen molar-refractivity contribution in [2.24, 2.45) is 0 Å². The summed E-state index contributed by atoms with van der Waals surface area (Å²) in [4.78, 5) is 12.7. The quantitative estimate of drug-likeness (QED) is 0.427. The van der Waals surface area contributed by atoms with Gasteiger partial charge in [0, 0.05) is 31.4 Å². The third kappa shape index (κ3) is 3.28. The number of para-hydroxylation sites is 1. The molecular formula is C19H17N3O3. The van der Waals surface area contributed by atoms with Crippen LogP contribution in [0.2, 0.25) is 0 Å². The topological polar surface area (TPSA) is 83.4 Å². The number of benzene rings is 2. The molecule has 0 unspecified atom stereocenters. The highest BCUT2D eigenvalue weighted by Crippen LogP contribution is 2.31. The fourth-order valence-corrected chi connectivity index (χ4v) is 2.53. The summed E-state index contributed by atoms with van der Waals surface area (Å²) < 4.78 is 5.72. The Balaban J connectivity index is 1.91. The van der Waals surface area contributed by atoms with Crippen LogP contribution in [-0.4, -0.2) is 24.7 Å². The first-order valence-electron chi connectivity index (χ1n) is 7.67.